The second-order valence-corrected chi connectivity index (χ2v) is 7.51. The van der Waals surface area contributed by atoms with E-state index in [-0.39, 0.29) is 17.5 Å². The maximum absolute atomic E-state index is 12.4. The summed E-state index contributed by atoms with van der Waals surface area (Å²) in [6, 6.07) is 15.5. The molecule has 25 heavy (non-hydrogen) atoms. The van der Waals surface area contributed by atoms with Crippen molar-refractivity contribution in [2.45, 2.75) is 37.6 Å². The molecule has 5 nitrogen and oxygen atoms in total. The van der Waals surface area contributed by atoms with Crippen molar-refractivity contribution in [2.24, 2.45) is 0 Å². The molecule has 6 heteroatoms. The summed E-state index contributed by atoms with van der Waals surface area (Å²) in [4.78, 5) is 11.7. The third kappa shape index (κ3) is 5.69. The van der Waals surface area contributed by atoms with Crippen LogP contribution in [-0.4, -0.2) is 27.0 Å². The van der Waals surface area contributed by atoms with Crippen molar-refractivity contribution in [3.63, 3.8) is 0 Å². The lowest BCUT2D eigenvalue weighted by molar-refractivity contribution is 0.0526. The minimum absolute atomic E-state index is 0.132. The molecule has 0 fully saturated rings. The van der Waals surface area contributed by atoms with Crippen LogP contribution in [0.4, 0.5) is 0 Å². The first-order valence-corrected chi connectivity index (χ1v) is 9.74. The van der Waals surface area contributed by atoms with Gasteiger partial charge in [-0.25, -0.2) is 17.9 Å². The monoisotopic (exact) mass is 361 g/mol. The van der Waals surface area contributed by atoms with E-state index in [0.717, 1.165) is 6.42 Å². The SMILES string of the molecule is CCOC(=O)c1ccc(S(=O)(=O)N[C@@H](C)CCc2ccccc2)cc1. The molecule has 0 unspecified atom stereocenters. The lowest BCUT2D eigenvalue weighted by atomic mass is 10.1. The molecule has 0 spiro atoms. The van der Waals surface area contributed by atoms with Crippen molar-refractivity contribution >= 4 is 16.0 Å². The van der Waals surface area contributed by atoms with Gasteiger partial charge in [0.05, 0.1) is 17.1 Å². The van der Waals surface area contributed by atoms with E-state index in [1.54, 1.807) is 6.92 Å². The number of esters is 1. The number of carbonyl (C=O) groups excluding carboxylic acids is 1. The number of aryl methyl sites for hydroxylation is 1. The van der Waals surface area contributed by atoms with Crippen LogP contribution < -0.4 is 4.72 Å². The fraction of sp³-hybridized carbons (Fsp3) is 0.316. The lowest BCUT2D eigenvalue weighted by Gasteiger charge is -2.14. The van der Waals surface area contributed by atoms with Gasteiger partial charge in [0, 0.05) is 6.04 Å². The molecule has 1 atom stereocenters. The van der Waals surface area contributed by atoms with Crippen LogP contribution in [0.15, 0.2) is 59.5 Å². The van der Waals surface area contributed by atoms with Crippen molar-refractivity contribution in [2.75, 3.05) is 6.61 Å². The van der Waals surface area contributed by atoms with Crippen molar-refractivity contribution in [1.29, 1.82) is 0 Å². The molecule has 0 radical (unpaired) electrons. The van der Waals surface area contributed by atoms with E-state index >= 15 is 0 Å². The van der Waals surface area contributed by atoms with Crippen LogP contribution in [-0.2, 0) is 21.2 Å². The summed E-state index contributed by atoms with van der Waals surface area (Å²) in [5, 5.41) is 0. The van der Waals surface area contributed by atoms with E-state index < -0.39 is 16.0 Å². The molecule has 0 saturated carbocycles. The maximum atomic E-state index is 12.4. The molecule has 0 amide bonds. The van der Waals surface area contributed by atoms with Crippen LogP contribution in [0.2, 0.25) is 0 Å². The second kappa shape index (κ2) is 8.78. The Labute approximate surface area is 149 Å². The fourth-order valence-electron chi connectivity index (χ4n) is 2.40. The van der Waals surface area contributed by atoms with Gasteiger partial charge in [0.25, 0.3) is 0 Å². The van der Waals surface area contributed by atoms with Gasteiger partial charge in [-0.2, -0.15) is 0 Å². The summed E-state index contributed by atoms with van der Waals surface area (Å²) in [5.74, 6) is -0.462. The largest absolute Gasteiger partial charge is 0.462 e. The average molecular weight is 361 g/mol. The highest BCUT2D eigenvalue weighted by atomic mass is 32.2. The highest BCUT2D eigenvalue weighted by molar-refractivity contribution is 7.89. The molecule has 0 aliphatic rings. The zero-order chi connectivity index (χ0) is 18.3. The van der Waals surface area contributed by atoms with Gasteiger partial charge in [-0.1, -0.05) is 30.3 Å². The van der Waals surface area contributed by atoms with Crippen molar-refractivity contribution in [3.8, 4) is 0 Å². The highest BCUT2D eigenvalue weighted by Crippen LogP contribution is 2.13. The second-order valence-electron chi connectivity index (χ2n) is 5.79. The molecular weight excluding hydrogens is 338 g/mol. The molecule has 134 valence electrons. The summed E-state index contributed by atoms with van der Waals surface area (Å²) in [6.45, 7) is 3.84. The molecular formula is C19H23NO4S. The van der Waals surface area contributed by atoms with Crippen LogP contribution >= 0.6 is 0 Å². The molecule has 0 saturated heterocycles. The van der Waals surface area contributed by atoms with Crippen LogP contribution in [0.3, 0.4) is 0 Å². The first-order valence-electron chi connectivity index (χ1n) is 8.26. The minimum Gasteiger partial charge on any atom is -0.462 e. The quantitative estimate of drug-likeness (QED) is 0.733. The summed E-state index contributed by atoms with van der Waals surface area (Å²) >= 11 is 0. The van der Waals surface area contributed by atoms with Gasteiger partial charge >= 0.3 is 5.97 Å². The van der Waals surface area contributed by atoms with Crippen molar-refractivity contribution < 1.29 is 17.9 Å². The van der Waals surface area contributed by atoms with Gasteiger partial charge in [-0.3, -0.25) is 0 Å². The first-order chi connectivity index (χ1) is 11.9. The number of ether oxygens (including phenoxy) is 1. The number of nitrogens with one attached hydrogen (secondary N) is 1. The zero-order valence-electron chi connectivity index (χ0n) is 14.4. The Morgan fingerprint density at radius 3 is 2.32 bits per heavy atom. The van der Waals surface area contributed by atoms with Crippen LogP contribution in [0, 0.1) is 0 Å². The number of benzene rings is 2. The minimum atomic E-state index is -3.62. The van der Waals surface area contributed by atoms with Crippen LogP contribution in [0.1, 0.15) is 36.2 Å². The third-order valence-electron chi connectivity index (χ3n) is 3.74. The molecule has 2 aromatic carbocycles. The topological polar surface area (TPSA) is 72.5 Å². The van der Waals surface area contributed by atoms with Gasteiger partial charge in [-0.05, 0) is 56.5 Å². The molecule has 0 bridgehead atoms. The van der Waals surface area contributed by atoms with Gasteiger partial charge in [0.2, 0.25) is 10.0 Å². The predicted molar refractivity (Wildman–Crippen MR) is 96.9 cm³/mol. The van der Waals surface area contributed by atoms with Crippen LogP contribution in [0.5, 0.6) is 0 Å². The van der Waals surface area contributed by atoms with E-state index in [1.165, 1.54) is 29.8 Å². The highest BCUT2D eigenvalue weighted by Gasteiger charge is 2.18. The number of carbonyl (C=O) groups is 1. The van der Waals surface area contributed by atoms with Gasteiger partial charge < -0.3 is 4.74 Å². The lowest BCUT2D eigenvalue weighted by Crippen LogP contribution is -2.33. The maximum Gasteiger partial charge on any atom is 0.338 e. The number of hydrogen-bond donors (Lipinski definition) is 1. The summed E-state index contributed by atoms with van der Waals surface area (Å²) < 4.78 is 32.4. The third-order valence-corrected chi connectivity index (χ3v) is 5.35. The molecule has 2 aromatic rings. The van der Waals surface area contributed by atoms with Crippen molar-refractivity contribution in [3.05, 3.63) is 65.7 Å². The molecule has 0 aromatic heterocycles. The number of rotatable bonds is 8. The van der Waals surface area contributed by atoms with Crippen molar-refractivity contribution in [1.82, 2.24) is 4.72 Å². The Morgan fingerprint density at radius 1 is 1.08 bits per heavy atom. The fourth-order valence-corrected chi connectivity index (χ4v) is 3.68. The summed E-state index contributed by atoms with van der Waals surface area (Å²) in [5.41, 5.74) is 1.50. The van der Waals surface area contributed by atoms with Gasteiger partial charge in [-0.15, -0.1) is 0 Å². The molecule has 1 N–H and O–H groups in total. The summed E-state index contributed by atoms with van der Waals surface area (Å²) in [7, 11) is -3.62. The van der Waals surface area contributed by atoms with E-state index in [0.29, 0.717) is 12.0 Å². The van der Waals surface area contributed by atoms with Gasteiger partial charge in [0.15, 0.2) is 0 Å². The zero-order valence-corrected chi connectivity index (χ0v) is 15.3. The summed E-state index contributed by atoms with van der Waals surface area (Å²) in [6.07, 6.45) is 1.50. The van der Waals surface area contributed by atoms with Crippen LogP contribution in [0.25, 0.3) is 0 Å². The Morgan fingerprint density at radius 2 is 1.72 bits per heavy atom. The van der Waals surface area contributed by atoms with Gasteiger partial charge in [0.1, 0.15) is 0 Å². The average Bonchev–Trinajstić information content (AvgIpc) is 2.61. The molecule has 0 aliphatic heterocycles. The Hall–Kier alpha value is -2.18. The molecule has 0 heterocycles. The smallest absolute Gasteiger partial charge is 0.338 e. The Kier molecular flexibility index (Phi) is 6.73. The molecule has 2 rings (SSSR count). The first kappa shape index (κ1) is 19.1. The number of sulfonamides is 1. The van der Waals surface area contributed by atoms with E-state index in [9.17, 15) is 13.2 Å². The normalized spacial score (nSPS) is 12.6. The Balaban J connectivity index is 1.97. The number of hydrogen-bond acceptors (Lipinski definition) is 4. The van der Waals surface area contributed by atoms with E-state index in [4.69, 9.17) is 4.74 Å². The van der Waals surface area contributed by atoms with E-state index in [1.807, 2.05) is 37.3 Å². The van der Waals surface area contributed by atoms with E-state index in [2.05, 4.69) is 4.72 Å². The predicted octanol–water partition coefficient (Wildman–Crippen LogP) is 3.16. The standard InChI is InChI=1S/C19H23NO4S/c1-3-24-19(21)17-11-13-18(14-12-17)25(22,23)20-15(2)9-10-16-7-5-4-6-8-16/h4-8,11-15,20H,3,9-10H2,1-2H3/t15-/m0/s1. The Bertz CT molecular complexity index is 786. The molecule has 0 aliphatic carbocycles.